The van der Waals surface area contributed by atoms with Crippen molar-refractivity contribution in [2.75, 3.05) is 18.0 Å². The second-order valence-electron chi connectivity index (χ2n) is 5.36. The summed E-state index contributed by atoms with van der Waals surface area (Å²) in [6.45, 7) is 1.41. The van der Waals surface area contributed by atoms with Gasteiger partial charge in [0.2, 0.25) is 10.0 Å². The van der Waals surface area contributed by atoms with Gasteiger partial charge in [-0.1, -0.05) is 12.1 Å². The number of aliphatic hydroxyl groups is 1. The van der Waals surface area contributed by atoms with Gasteiger partial charge in [0.25, 0.3) is 0 Å². The first-order chi connectivity index (χ1) is 10.4. The predicted octanol–water partition coefficient (Wildman–Crippen LogP) is 0.967. The summed E-state index contributed by atoms with van der Waals surface area (Å²) in [5.41, 5.74) is 1.76. The van der Waals surface area contributed by atoms with Crippen LogP contribution in [0.5, 0.6) is 0 Å². The summed E-state index contributed by atoms with van der Waals surface area (Å²) in [7, 11) is -3.67. The van der Waals surface area contributed by atoms with Gasteiger partial charge in [-0.3, -0.25) is 0 Å². The second kappa shape index (κ2) is 5.68. The fourth-order valence-electron chi connectivity index (χ4n) is 2.53. The molecule has 1 aliphatic rings. The van der Waals surface area contributed by atoms with Crippen molar-refractivity contribution in [3.8, 4) is 11.1 Å². The highest BCUT2D eigenvalue weighted by Crippen LogP contribution is 2.24. The van der Waals surface area contributed by atoms with Gasteiger partial charge in [0.05, 0.1) is 11.0 Å². The van der Waals surface area contributed by atoms with E-state index in [-0.39, 0.29) is 11.0 Å². The maximum Gasteiger partial charge on any atom is 0.238 e. The molecule has 6 nitrogen and oxygen atoms in total. The first kappa shape index (κ1) is 15.0. The number of β-amino-alcohol motifs (C(OH)–C–C–N with tert-alkyl or cyclic N) is 1. The van der Waals surface area contributed by atoms with Crippen molar-refractivity contribution in [3.05, 3.63) is 42.6 Å². The maximum absolute atomic E-state index is 11.2. The minimum atomic E-state index is -3.67. The Morgan fingerprint density at radius 3 is 2.32 bits per heavy atom. The molecular formula is C15H17N3O3S. The molecule has 1 aliphatic heterocycles. The van der Waals surface area contributed by atoms with E-state index in [4.69, 9.17) is 5.14 Å². The van der Waals surface area contributed by atoms with Crippen molar-refractivity contribution in [2.45, 2.75) is 17.4 Å². The molecule has 1 aromatic heterocycles. The van der Waals surface area contributed by atoms with Crippen LogP contribution >= 0.6 is 0 Å². The molecule has 116 valence electrons. The quantitative estimate of drug-likeness (QED) is 0.878. The molecule has 1 atom stereocenters. The third kappa shape index (κ3) is 3.11. The van der Waals surface area contributed by atoms with Crippen LogP contribution in [0.2, 0.25) is 0 Å². The van der Waals surface area contributed by atoms with Gasteiger partial charge in [0.15, 0.2) is 0 Å². The molecular weight excluding hydrogens is 302 g/mol. The van der Waals surface area contributed by atoms with Crippen molar-refractivity contribution in [2.24, 2.45) is 5.14 Å². The lowest BCUT2D eigenvalue weighted by atomic mass is 10.1. The van der Waals surface area contributed by atoms with E-state index < -0.39 is 10.0 Å². The molecule has 0 saturated carbocycles. The van der Waals surface area contributed by atoms with E-state index in [9.17, 15) is 13.5 Å². The van der Waals surface area contributed by atoms with Crippen molar-refractivity contribution < 1.29 is 13.5 Å². The lowest BCUT2D eigenvalue weighted by Gasteiger charge is -2.16. The highest BCUT2D eigenvalue weighted by atomic mass is 32.2. The summed E-state index contributed by atoms with van der Waals surface area (Å²) >= 11 is 0. The third-order valence-electron chi connectivity index (χ3n) is 3.75. The van der Waals surface area contributed by atoms with E-state index in [2.05, 4.69) is 4.98 Å². The Morgan fingerprint density at radius 1 is 1.14 bits per heavy atom. The van der Waals surface area contributed by atoms with E-state index in [0.29, 0.717) is 6.54 Å². The molecule has 3 N–H and O–H groups in total. The largest absolute Gasteiger partial charge is 0.391 e. The molecule has 0 unspecified atom stereocenters. The monoisotopic (exact) mass is 319 g/mol. The van der Waals surface area contributed by atoms with Crippen molar-refractivity contribution in [1.82, 2.24) is 4.98 Å². The number of hydrogen-bond donors (Lipinski definition) is 2. The number of aromatic nitrogens is 1. The zero-order valence-corrected chi connectivity index (χ0v) is 12.7. The van der Waals surface area contributed by atoms with E-state index in [1.54, 1.807) is 18.3 Å². The number of pyridine rings is 1. The average molecular weight is 319 g/mol. The number of nitrogens with two attached hydrogens (primary N) is 1. The molecule has 0 bridgehead atoms. The normalized spacial score (nSPS) is 18.6. The van der Waals surface area contributed by atoms with Gasteiger partial charge in [0.1, 0.15) is 5.82 Å². The van der Waals surface area contributed by atoms with Crippen LogP contribution < -0.4 is 10.0 Å². The summed E-state index contributed by atoms with van der Waals surface area (Å²) in [6, 6.07) is 10.2. The summed E-state index contributed by atoms with van der Waals surface area (Å²) in [5, 5.41) is 14.6. The topological polar surface area (TPSA) is 96.5 Å². The van der Waals surface area contributed by atoms with E-state index >= 15 is 0 Å². The number of aliphatic hydroxyl groups excluding tert-OH is 1. The van der Waals surface area contributed by atoms with Gasteiger partial charge >= 0.3 is 0 Å². The second-order valence-corrected chi connectivity index (χ2v) is 6.92. The Labute approximate surface area is 129 Å². The van der Waals surface area contributed by atoms with Crippen LogP contribution in [-0.2, 0) is 10.0 Å². The van der Waals surface area contributed by atoms with Crippen LogP contribution in [0.1, 0.15) is 6.42 Å². The summed E-state index contributed by atoms with van der Waals surface area (Å²) in [6.07, 6.45) is 2.22. The van der Waals surface area contributed by atoms with Crippen LogP contribution in [0.3, 0.4) is 0 Å². The molecule has 1 aromatic carbocycles. The summed E-state index contributed by atoms with van der Waals surface area (Å²) in [4.78, 5) is 6.54. The van der Waals surface area contributed by atoms with E-state index in [1.165, 1.54) is 12.1 Å². The Morgan fingerprint density at radius 2 is 1.82 bits per heavy atom. The van der Waals surface area contributed by atoms with Crippen molar-refractivity contribution >= 4 is 15.8 Å². The Bertz CT molecular complexity index is 758. The molecule has 22 heavy (non-hydrogen) atoms. The van der Waals surface area contributed by atoms with Gasteiger partial charge in [-0.05, 0) is 36.2 Å². The molecule has 0 spiro atoms. The lowest BCUT2D eigenvalue weighted by Crippen LogP contribution is -2.21. The van der Waals surface area contributed by atoms with Crippen molar-refractivity contribution in [1.29, 1.82) is 0 Å². The van der Waals surface area contributed by atoms with Crippen LogP contribution in [-0.4, -0.2) is 37.7 Å². The number of hydrogen-bond acceptors (Lipinski definition) is 5. The highest BCUT2D eigenvalue weighted by Gasteiger charge is 2.21. The first-order valence-corrected chi connectivity index (χ1v) is 8.50. The molecule has 7 heteroatoms. The molecule has 2 heterocycles. The SMILES string of the molecule is NS(=O)(=O)c1ccc(-c2ccc(N3CC[C@@H](O)C3)nc2)cc1. The van der Waals surface area contributed by atoms with Gasteiger partial charge in [-0.25, -0.2) is 18.5 Å². The maximum atomic E-state index is 11.2. The van der Waals surface area contributed by atoms with Gasteiger partial charge < -0.3 is 10.0 Å². The number of rotatable bonds is 3. The van der Waals surface area contributed by atoms with E-state index in [1.807, 2.05) is 17.0 Å². The molecule has 1 fully saturated rings. The van der Waals surface area contributed by atoms with Crippen LogP contribution in [0, 0.1) is 0 Å². The molecule has 1 saturated heterocycles. The first-order valence-electron chi connectivity index (χ1n) is 6.96. The number of primary sulfonamides is 1. The Hall–Kier alpha value is -1.96. The zero-order valence-electron chi connectivity index (χ0n) is 11.9. The van der Waals surface area contributed by atoms with Crippen LogP contribution in [0.15, 0.2) is 47.5 Å². The van der Waals surface area contributed by atoms with Gasteiger partial charge in [0, 0.05) is 24.8 Å². The summed E-state index contributed by atoms with van der Waals surface area (Å²) in [5.74, 6) is 0.835. The smallest absolute Gasteiger partial charge is 0.238 e. The number of nitrogens with zero attached hydrogens (tertiary/aromatic N) is 2. The predicted molar refractivity (Wildman–Crippen MR) is 83.9 cm³/mol. The van der Waals surface area contributed by atoms with E-state index in [0.717, 1.165) is 29.9 Å². The minimum Gasteiger partial charge on any atom is -0.391 e. The number of anilines is 1. The minimum absolute atomic E-state index is 0.0897. The van der Waals surface area contributed by atoms with Crippen LogP contribution in [0.4, 0.5) is 5.82 Å². The highest BCUT2D eigenvalue weighted by molar-refractivity contribution is 7.89. The fraction of sp³-hybridized carbons (Fsp3) is 0.267. The fourth-order valence-corrected chi connectivity index (χ4v) is 3.05. The lowest BCUT2D eigenvalue weighted by molar-refractivity contribution is 0.198. The Balaban J connectivity index is 1.81. The van der Waals surface area contributed by atoms with Gasteiger partial charge in [-0.15, -0.1) is 0 Å². The molecule has 0 amide bonds. The molecule has 3 rings (SSSR count). The molecule has 2 aromatic rings. The zero-order chi connectivity index (χ0) is 15.7. The van der Waals surface area contributed by atoms with Crippen LogP contribution in [0.25, 0.3) is 11.1 Å². The van der Waals surface area contributed by atoms with Crippen molar-refractivity contribution in [3.63, 3.8) is 0 Å². The summed E-state index contributed by atoms with van der Waals surface area (Å²) < 4.78 is 22.5. The standard InChI is InChI=1S/C15H17N3O3S/c16-22(20,21)14-4-1-11(2-5-14)12-3-6-15(17-9-12)18-8-7-13(19)10-18/h1-6,9,13,19H,7-8,10H2,(H2,16,20,21)/t13-/m1/s1. The number of sulfonamides is 1. The average Bonchev–Trinajstić information content (AvgIpc) is 2.93. The number of benzene rings is 1. The molecule has 0 radical (unpaired) electrons. The molecule has 0 aliphatic carbocycles. The third-order valence-corrected chi connectivity index (χ3v) is 4.68. The Kier molecular flexibility index (Phi) is 3.86. The van der Waals surface area contributed by atoms with Gasteiger partial charge in [-0.2, -0.15) is 0 Å².